The fraction of sp³-hybridized carbons (Fsp3) is 0.643. The van der Waals surface area contributed by atoms with Crippen LogP contribution in [0.4, 0.5) is 5.95 Å². The van der Waals surface area contributed by atoms with Crippen molar-refractivity contribution in [2.75, 3.05) is 31.2 Å². The summed E-state index contributed by atoms with van der Waals surface area (Å²) in [7, 11) is 0. The third-order valence-corrected chi connectivity index (χ3v) is 2.51. The number of rotatable bonds is 8. The van der Waals surface area contributed by atoms with E-state index in [0.29, 0.717) is 31.6 Å². The summed E-state index contributed by atoms with van der Waals surface area (Å²) in [6, 6.07) is 1.78. The van der Waals surface area contributed by atoms with E-state index in [4.69, 9.17) is 9.47 Å². The summed E-state index contributed by atoms with van der Waals surface area (Å²) in [5, 5.41) is 0. The average Bonchev–Trinajstić information content (AvgIpc) is 2.38. The molecule has 6 nitrogen and oxygen atoms in total. The summed E-state index contributed by atoms with van der Waals surface area (Å²) >= 11 is 0. The molecule has 0 aliphatic heterocycles. The monoisotopic (exact) mass is 281 g/mol. The Balaban J connectivity index is 2.92. The standard InChI is InChI=1S/C14H23N3O3/c1-5-8-17(10-13(18)20-7-3)14-15-11(4)9-12(16-14)19-6-2/h9H,5-8,10H2,1-4H3. The molecular weight excluding hydrogens is 258 g/mol. The molecule has 0 amide bonds. The van der Waals surface area contributed by atoms with E-state index in [0.717, 1.165) is 12.1 Å². The number of aryl methyl sites for hydroxylation is 1. The van der Waals surface area contributed by atoms with Gasteiger partial charge in [0.25, 0.3) is 0 Å². The number of carbonyl (C=O) groups is 1. The zero-order valence-electron chi connectivity index (χ0n) is 12.7. The van der Waals surface area contributed by atoms with Gasteiger partial charge in [0.2, 0.25) is 11.8 Å². The molecule has 0 radical (unpaired) electrons. The van der Waals surface area contributed by atoms with E-state index in [1.165, 1.54) is 0 Å². The van der Waals surface area contributed by atoms with Gasteiger partial charge in [-0.25, -0.2) is 4.98 Å². The first kappa shape index (κ1) is 16.2. The minimum absolute atomic E-state index is 0.150. The highest BCUT2D eigenvalue weighted by Crippen LogP contribution is 2.16. The average molecular weight is 281 g/mol. The number of anilines is 1. The second-order valence-electron chi connectivity index (χ2n) is 4.31. The van der Waals surface area contributed by atoms with Crippen LogP contribution in [-0.4, -0.2) is 42.2 Å². The number of carbonyl (C=O) groups excluding carboxylic acids is 1. The lowest BCUT2D eigenvalue weighted by Gasteiger charge is -2.21. The SMILES string of the molecule is CCCN(CC(=O)OCC)c1nc(C)cc(OCC)n1. The topological polar surface area (TPSA) is 64.6 Å². The lowest BCUT2D eigenvalue weighted by Crippen LogP contribution is -2.33. The van der Waals surface area contributed by atoms with Crippen LogP contribution in [0.2, 0.25) is 0 Å². The molecule has 0 saturated heterocycles. The van der Waals surface area contributed by atoms with Gasteiger partial charge in [-0.15, -0.1) is 0 Å². The second-order valence-corrected chi connectivity index (χ2v) is 4.31. The molecule has 0 aliphatic rings. The molecule has 0 aliphatic carbocycles. The van der Waals surface area contributed by atoms with Crippen LogP contribution in [0, 0.1) is 6.92 Å². The molecule has 0 aromatic carbocycles. The molecule has 1 aromatic heterocycles. The summed E-state index contributed by atoms with van der Waals surface area (Å²) in [4.78, 5) is 22.2. The molecule has 112 valence electrons. The first-order valence-electron chi connectivity index (χ1n) is 6.99. The van der Waals surface area contributed by atoms with Crippen LogP contribution in [0.3, 0.4) is 0 Å². The van der Waals surface area contributed by atoms with E-state index in [1.807, 2.05) is 25.7 Å². The van der Waals surface area contributed by atoms with Crippen LogP contribution in [0.5, 0.6) is 5.88 Å². The molecule has 0 saturated carbocycles. The smallest absolute Gasteiger partial charge is 0.325 e. The highest BCUT2D eigenvalue weighted by atomic mass is 16.5. The van der Waals surface area contributed by atoms with Gasteiger partial charge in [0, 0.05) is 18.3 Å². The van der Waals surface area contributed by atoms with Crippen molar-refractivity contribution in [3.05, 3.63) is 11.8 Å². The van der Waals surface area contributed by atoms with Gasteiger partial charge in [-0.1, -0.05) is 6.92 Å². The summed E-state index contributed by atoms with van der Waals surface area (Å²) < 4.78 is 10.4. The lowest BCUT2D eigenvalue weighted by molar-refractivity contribution is -0.141. The van der Waals surface area contributed by atoms with Crippen molar-refractivity contribution in [1.82, 2.24) is 9.97 Å². The second kappa shape index (κ2) is 8.35. The molecule has 0 atom stereocenters. The van der Waals surface area contributed by atoms with Gasteiger partial charge in [0.1, 0.15) is 6.54 Å². The summed E-state index contributed by atoms with van der Waals surface area (Å²) in [5.41, 5.74) is 0.809. The number of aromatic nitrogens is 2. The highest BCUT2D eigenvalue weighted by molar-refractivity contribution is 5.75. The summed E-state index contributed by atoms with van der Waals surface area (Å²) in [6.07, 6.45) is 0.890. The van der Waals surface area contributed by atoms with Gasteiger partial charge >= 0.3 is 5.97 Å². The zero-order valence-corrected chi connectivity index (χ0v) is 12.7. The van der Waals surface area contributed by atoms with Crippen molar-refractivity contribution < 1.29 is 14.3 Å². The molecule has 0 fully saturated rings. The van der Waals surface area contributed by atoms with Crippen molar-refractivity contribution in [2.45, 2.75) is 34.1 Å². The third-order valence-electron chi connectivity index (χ3n) is 2.51. The van der Waals surface area contributed by atoms with E-state index in [2.05, 4.69) is 9.97 Å². The molecular formula is C14H23N3O3. The Morgan fingerprint density at radius 3 is 2.60 bits per heavy atom. The molecule has 20 heavy (non-hydrogen) atoms. The zero-order chi connectivity index (χ0) is 15.0. The molecule has 0 N–H and O–H groups in total. The van der Waals surface area contributed by atoms with Crippen LogP contribution in [0.1, 0.15) is 32.9 Å². The minimum atomic E-state index is -0.274. The predicted molar refractivity (Wildman–Crippen MR) is 77.1 cm³/mol. The Morgan fingerprint density at radius 1 is 1.25 bits per heavy atom. The van der Waals surface area contributed by atoms with Gasteiger partial charge in [0.15, 0.2) is 0 Å². The Morgan fingerprint density at radius 2 is 2.00 bits per heavy atom. The third kappa shape index (κ3) is 5.03. The number of nitrogens with zero attached hydrogens (tertiary/aromatic N) is 3. The fourth-order valence-electron chi connectivity index (χ4n) is 1.77. The predicted octanol–water partition coefficient (Wildman–Crippen LogP) is 1.96. The van der Waals surface area contributed by atoms with Crippen molar-refractivity contribution in [3.8, 4) is 5.88 Å². The quantitative estimate of drug-likeness (QED) is 0.679. The van der Waals surface area contributed by atoms with Crippen molar-refractivity contribution in [2.24, 2.45) is 0 Å². The van der Waals surface area contributed by atoms with Crippen LogP contribution in [-0.2, 0) is 9.53 Å². The maximum absolute atomic E-state index is 11.6. The van der Waals surface area contributed by atoms with Gasteiger partial charge in [-0.05, 0) is 27.2 Å². The Hall–Kier alpha value is -1.85. The number of hydrogen-bond donors (Lipinski definition) is 0. The van der Waals surface area contributed by atoms with Crippen LogP contribution in [0.15, 0.2) is 6.07 Å². The number of ether oxygens (including phenoxy) is 2. The van der Waals surface area contributed by atoms with Crippen LogP contribution in [0.25, 0.3) is 0 Å². The maximum atomic E-state index is 11.6. The van der Waals surface area contributed by atoms with E-state index >= 15 is 0 Å². The highest BCUT2D eigenvalue weighted by Gasteiger charge is 2.15. The molecule has 6 heteroatoms. The molecule has 0 unspecified atom stereocenters. The van der Waals surface area contributed by atoms with E-state index in [9.17, 15) is 4.79 Å². The maximum Gasteiger partial charge on any atom is 0.325 e. The normalized spacial score (nSPS) is 10.2. The minimum Gasteiger partial charge on any atom is -0.478 e. The van der Waals surface area contributed by atoms with Gasteiger partial charge < -0.3 is 14.4 Å². The Kier molecular flexibility index (Phi) is 6.76. The fourth-order valence-corrected chi connectivity index (χ4v) is 1.77. The molecule has 1 heterocycles. The van der Waals surface area contributed by atoms with E-state index < -0.39 is 0 Å². The molecule has 1 aromatic rings. The first-order valence-corrected chi connectivity index (χ1v) is 6.99. The first-order chi connectivity index (χ1) is 9.60. The van der Waals surface area contributed by atoms with Crippen molar-refractivity contribution in [1.29, 1.82) is 0 Å². The van der Waals surface area contributed by atoms with Crippen molar-refractivity contribution >= 4 is 11.9 Å². The van der Waals surface area contributed by atoms with E-state index in [-0.39, 0.29) is 12.5 Å². The Labute approximate surface area is 120 Å². The molecule has 0 spiro atoms. The van der Waals surface area contributed by atoms with Crippen LogP contribution < -0.4 is 9.64 Å². The summed E-state index contributed by atoms with van der Waals surface area (Å²) in [5.74, 6) is 0.757. The van der Waals surface area contributed by atoms with E-state index in [1.54, 1.807) is 13.0 Å². The lowest BCUT2D eigenvalue weighted by atomic mass is 10.4. The van der Waals surface area contributed by atoms with Crippen molar-refractivity contribution in [3.63, 3.8) is 0 Å². The number of hydrogen-bond acceptors (Lipinski definition) is 6. The number of esters is 1. The van der Waals surface area contributed by atoms with Gasteiger partial charge in [-0.3, -0.25) is 4.79 Å². The largest absolute Gasteiger partial charge is 0.478 e. The van der Waals surface area contributed by atoms with Gasteiger partial charge in [-0.2, -0.15) is 4.98 Å². The van der Waals surface area contributed by atoms with Gasteiger partial charge in [0.05, 0.1) is 13.2 Å². The summed E-state index contributed by atoms with van der Waals surface area (Å²) in [6.45, 7) is 9.36. The molecule has 0 bridgehead atoms. The van der Waals surface area contributed by atoms with Crippen LogP contribution >= 0.6 is 0 Å². The Bertz CT molecular complexity index is 438. The molecule has 1 rings (SSSR count).